The van der Waals surface area contributed by atoms with Gasteiger partial charge in [0, 0.05) is 31.4 Å². The second-order valence-electron chi connectivity index (χ2n) is 6.66. The van der Waals surface area contributed by atoms with E-state index in [0.717, 1.165) is 6.07 Å². The molecule has 1 aromatic heterocycles. The molecular weight excluding hydrogens is 300 g/mol. The fourth-order valence-electron chi connectivity index (χ4n) is 2.58. The fraction of sp³-hybridized carbons (Fsp3) is 0.562. The van der Waals surface area contributed by atoms with Gasteiger partial charge in [0.1, 0.15) is 5.60 Å². The highest BCUT2D eigenvalue weighted by Gasteiger charge is 2.27. The number of aromatic carboxylic acids is 1. The molecule has 0 radical (unpaired) electrons. The molecule has 0 aromatic carbocycles. The van der Waals surface area contributed by atoms with E-state index >= 15 is 0 Å². The van der Waals surface area contributed by atoms with Gasteiger partial charge in [-0.1, -0.05) is 0 Å². The predicted molar refractivity (Wildman–Crippen MR) is 83.7 cm³/mol. The first-order valence-electron chi connectivity index (χ1n) is 7.61. The quantitative estimate of drug-likeness (QED) is 0.901. The molecule has 0 spiro atoms. The Hall–Kier alpha value is -2.31. The van der Waals surface area contributed by atoms with Crippen LogP contribution in [-0.2, 0) is 4.74 Å². The lowest BCUT2D eigenvalue weighted by Crippen LogP contribution is -2.43. The average molecular weight is 322 g/mol. The number of carbonyl (C=O) groups excluding carboxylic acids is 1. The maximum atomic E-state index is 12.0. The lowest BCUT2D eigenvalue weighted by molar-refractivity contribution is 0.0187. The van der Waals surface area contributed by atoms with Crippen molar-refractivity contribution in [2.24, 2.45) is 0 Å². The van der Waals surface area contributed by atoms with E-state index in [2.05, 4.69) is 0 Å². The highest BCUT2D eigenvalue weighted by Crippen LogP contribution is 2.22. The summed E-state index contributed by atoms with van der Waals surface area (Å²) in [7, 11) is 0. The van der Waals surface area contributed by atoms with Crippen LogP contribution in [-0.4, -0.2) is 45.3 Å². The van der Waals surface area contributed by atoms with E-state index in [0.29, 0.717) is 25.9 Å². The predicted octanol–water partition coefficient (Wildman–Crippen LogP) is 2.12. The highest BCUT2D eigenvalue weighted by molar-refractivity contribution is 5.87. The van der Waals surface area contributed by atoms with Gasteiger partial charge in [0.2, 0.25) is 0 Å². The number of rotatable bonds is 2. The Bertz CT molecular complexity index is 651. The van der Waals surface area contributed by atoms with Crippen LogP contribution in [0.4, 0.5) is 4.79 Å². The van der Waals surface area contributed by atoms with Crippen molar-refractivity contribution in [1.82, 2.24) is 9.47 Å². The monoisotopic (exact) mass is 322 g/mol. The zero-order valence-electron chi connectivity index (χ0n) is 13.6. The van der Waals surface area contributed by atoms with Crippen LogP contribution in [0.15, 0.2) is 23.1 Å². The Morgan fingerprint density at radius 3 is 2.35 bits per heavy atom. The molecule has 1 N–H and O–H groups in total. The summed E-state index contributed by atoms with van der Waals surface area (Å²) in [5.41, 5.74) is -0.879. The summed E-state index contributed by atoms with van der Waals surface area (Å²) in [4.78, 5) is 36.6. The van der Waals surface area contributed by atoms with E-state index in [4.69, 9.17) is 9.84 Å². The Kier molecular flexibility index (Phi) is 4.77. The molecule has 0 aliphatic carbocycles. The normalized spacial score (nSPS) is 16.2. The van der Waals surface area contributed by atoms with Crippen LogP contribution in [0.25, 0.3) is 0 Å². The van der Waals surface area contributed by atoms with Gasteiger partial charge >= 0.3 is 12.1 Å². The van der Waals surface area contributed by atoms with Gasteiger partial charge in [0.25, 0.3) is 5.56 Å². The number of ether oxygens (including phenoxy) is 1. The molecule has 0 saturated carbocycles. The zero-order valence-corrected chi connectivity index (χ0v) is 13.6. The third kappa shape index (κ3) is 4.34. The lowest BCUT2D eigenvalue weighted by atomic mass is 10.0. The van der Waals surface area contributed by atoms with E-state index in [9.17, 15) is 14.4 Å². The Morgan fingerprint density at radius 2 is 1.87 bits per heavy atom. The van der Waals surface area contributed by atoms with Gasteiger partial charge in [-0.3, -0.25) is 4.79 Å². The molecule has 23 heavy (non-hydrogen) atoms. The van der Waals surface area contributed by atoms with Crippen LogP contribution >= 0.6 is 0 Å². The molecule has 7 heteroatoms. The van der Waals surface area contributed by atoms with Gasteiger partial charge in [-0.25, -0.2) is 9.59 Å². The van der Waals surface area contributed by atoms with Crippen LogP contribution in [0.1, 0.15) is 50.0 Å². The van der Waals surface area contributed by atoms with Crippen molar-refractivity contribution in [3.63, 3.8) is 0 Å². The summed E-state index contributed by atoms with van der Waals surface area (Å²) in [5.74, 6) is -1.12. The van der Waals surface area contributed by atoms with Gasteiger partial charge in [-0.15, -0.1) is 0 Å². The van der Waals surface area contributed by atoms with E-state index < -0.39 is 11.6 Å². The smallest absolute Gasteiger partial charge is 0.410 e. The molecule has 1 fully saturated rings. The van der Waals surface area contributed by atoms with Crippen molar-refractivity contribution in [1.29, 1.82) is 0 Å². The van der Waals surface area contributed by atoms with Gasteiger partial charge in [0.05, 0.1) is 5.56 Å². The standard InChI is InChI=1S/C16H22N2O5/c1-16(2,3)23-15(22)17-7-5-12(6-8-17)18-9-4-11(14(20)21)10-13(18)19/h4,9-10,12H,5-8H2,1-3H3,(H,20,21). The summed E-state index contributed by atoms with van der Waals surface area (Å²) in [6.45, 7) is 6.48. The Labute approximate surface area is 134 Å². The van der Waals surface area contributed by atoms with Crippen molar-refractivity contribution < 1.29 is 19.4 Å². The van der Waals surface area contributed by atoms with Gasteiger partial charge < -0.3 is 19.3 Å². The number of carbonyl (C=O) groups is 2. The highest BCUT2D eigenvalue weighted by atomic mass is 16.6. The first kappa shape index (κ1) is 17.1. The fourth-order valence-corrected chi connectivity index (χ4v) is 2.58. The Balaban J connectivity index is 2.01. The van der Waals surface area contributed by atoms with Crippen molar-refractivity contribution >= 4 is 12.1 Å². The summed E-state index contributed by atoms with van der Waals surface area (Å²) >= 11 is 0. The molecular formula is C16H22N2O5. The molecule has 7 nitrogen and oxygen atoms in total. The van der Waals surface area contributed by atoms with Gasteiger partial charge in [0.15, 0.2) is 0 Å². The minimum atomic E-state index is -1.12. The first-order chi connectivity index (χ1) is 10.7. The number of pyridine rings is 1. The molecule has 0 unspecified atom stereocenters. The van der Waals surface area contributed by atoms with E-state index in [1.54, 1.807) is 9.47 Å². The van der Waals surface area contributed by atoms with Crippen LogP contribution in [0.2, 0.25) is 0 Å². The second-order valence-corrected chi connectivity index (χ2v) is 6.66. The van der Waals surface area contributed by atoms with Crippen molar-refractivity contribution in [3.05, 3.63) is 34.2 Å². The van der Waals surface area contributed by atoms with E-state index in [1.165, 1.54) is 12.3 Å². The number of piperidine rings is 1. The lowest BCUT2D eigenvalue weighted by Gasteiger charge is -2.34. The number of likely N-dealkylation sites (tertiary alicyclic amines) is 1. The number of nitrogens with zero attached hydrogens (tertiary/aromatic N) is 2. The third-order valence-corrected chi connectivity index (χ3v) is 3.70. The average Bonchev–Trinajstić information content (AvgIpc) is 2.45. The topological polar surface area (TPSA) is 88.8 Å². The zero-order chi connectivity index (χ0) is 17.2. The molecule has 126 valence electrons. The third-order valence-electron chi connectivity index (χ3n) is 3.70. The van der Waals surface area contributed by atoms with Crippen LogP contribution < -0.4 is 5.56 Å². The number of carboxylic acids is 1. The maximum absolute atomic E-state index is 12.0. The summed E-state index contributed by atoms with van der Waals surface area (Å²) < 4.78 is 6.88. The summed E-state index contributed by atoms with van der Waals surface area (Å²) in [6, 6.07) is 2.51. The summed E-state index contributed by atoms with van der Waals surface area (Å²) in [5, 5.41) is 8.89. The molecule has 1 saturated heterocycles. The Morgan fingerprint density at radius 1 is 1.26 bits per heavy atom. The molecule has 0 bridgehead atoms. The minimum absolute atomic E-state index is 0.0163. The van der Waals surface area contributed by atoms with E-state index in [-0.39, 0.29) is 23.3 Å². The summed E-state index contributed by atoms with van der Waals surface area (Å²) in [6.07, 6.45) is 2.43. The number of carboxylic acid groups (broad SMARTS) is 1. The minimum Gasteiger partial charge on any atom is -0.478 e. The molecule has 1 amide bonds. The molecule has 1 aromatic rings. The molecule has 2 heterocycles. The SMILES string of the molecule is CC(C)(C)OC(=O)N1CCC(n2ccc(C(=O)O)cc2=O)CC1. The van der Waals surface area contributed by atoms with Crippen LogP contribution in [0.5, 0.6) is 0 Å². The second kappa shape index (κ2) is 6.44. The molecule has 1 aliphatic heterocycles. The molecule has 1 aliphatic rings. The van der Waals surface area contributed by atoms with Gasteiger partial charge in [-0.2, -0.15) is 0 Å². The largest absolute Gasteiger partial charge is 0.478 e. The maximum Gasteiger partial charge on any atom is 0.410 e. The van der Waals surface area contributed by atoms with Gasteiger partial charge in [-0.05, 0) is 39.7 Å². The number of amides is 1. The molecule has 0 atom stereocenters. The number of aromatic nitrogens is 1. The number of hydrogen-bond donors (Lipinski definition) is 1. The van der Waals surface area contributed by atoms with Crippen molar-refractivity contribution in [2.45, 2.75) is 45.3 Å². The van der Waals surface area contributed by atoms with Crippen LogP contribution in [0.3, 0.4) is 0 Å². The van der Waals surface area contributed by atoms with E-state index in [1.807, 2.05) is 20.8 Å². The first-order valence-corrected chi connectivity index (χ1v) is 7.61. The number of hydrogen-bond acceptors (Lipinski definition) is 4. The van der Waals surface area contributed by atoms with Crippen molar-refractivity contribution in [2.75, 3.05) is 13.1 Å². The van der Waals surface area contributed by atoms with Crippen LogP contribution in [0, 0.1) is 0 Å². The van der Waals surface area contributed by atoms with Crippen molar-refractivity contribution in [3.8, 4) is 0 Å². The molecule has 2 rings (SSSR count).